The molecule has 1 saturated carbocycles. The molecule has 0 bridgehead atoms. The lowest BCUT2D eigenvalue weighted by Gasteiger charge is -2.33. The lowest BCUT2D eigenvalue weighted by Crippen LogP contribution is -2.38. The Balaban J connectivity index is 1.86. The molecule has 1 atom stereocenters. The van der Waals surface area contributed by atoms with Gasteiger partial charge >= 0.3 is 0 Å². The van der Waals surface area contributed by atoms with Crippen LogP contribution in [0.3, 0.4) is 0 Å². The highest BCUT2D eigenvalue weighted by Crippen LogP contribution is 2.45. The lowest BCUT2D eigenvalue weighted by molar-refractivity contribution is -0.0409. The molecule has 0 aromatic heterocycles. The van der Waals surface area contributed by atoms with Gasteiger partial charge in [0.2, 0.25) is 0 Å². The molecular formula is C15H19NO2. The molecule has 1 heterocycles. The molecule has 0 unspecified atom stereocenters. The number of hydrogen-bond acceptors (Lipinski definition) is 3. The number of oxime groups is 1. The van der Waals surface area contributed by atoms with Crippen molar-refractivity contribution in [1.29, 1.82) is 0 Å². The van der Waals surface area contributed by atoms with Crippen molar-refractivity contribution in [1.82, 2.24) is 0 Å². The van der Waals surface area contributed by atoms with Gasteiger partial charge in [-0.1, -0.05) is 54.8 Å². The molecule has 3 nitrogen and oxygen atoms in total. The molecule has 1 saturated heterocycles. The molecular weight excluding hydrogens is 226 g/mol. The van der Waals surface area contributed by atoms with E-state index in [0.29, 0.717) is 0 Å². The van der Waals surface area contributed by atoms with Crippen LogP contribution >= 0.6 is 0 Å². The first-order valence-corrected chi connectivity index (χ1v) is 6.78. The topological polar surface area (TPSA) is 41.8 Å². The molecule has 3 rings (SSSR count). The molecule has 1 N–H and O–H groups in total. The van der Waals surface area contributed by atoms with Gasteiger partial charge in [0.05, 0.1) is 11.8 Å². The van der Waals surface area contributed by atoms with Gasteiger partial charge in [0.15, 0.2) is 0 Å². The van der Waals surface area contributed by atoms with Crippen molar-refractivity contribution in [2.75, 3.05) is 0 Å². The predicted molar refractivity (Wildman–Crippen MR) is 69.9 cm³/mol. The number of hydrogen-bond donors (Lipinski definition) is 1. The molecule has 0 amide bonds. The van der Waals surface area contributed by atoms with Gasteiger partial charge in [0.1, 0.15) is 5.60 Å². The summed E-state index contributed by atoms with van der Waals surface area (Å²) >= 11 is 0. The second-order valence-electron chi connectivity index (χ2n) is 5.32. The average molecular weight is 245 g/mol. The molecule has 1 aromatic carbocycles. The first-order chi connectivity index (χ1) is 8.84. The summed E-state index contributed by atoms with van der Waals surface area (Å²) < 4.78 is 6.29. The minimum atomic E-state index is -0.284. The van der Waals surface area contributed by atoms with Crippen LogP contribution in [0.4, 0.5) is 0 Å². The summed E-state index contributed by atoms with van der Waals surface area (Å²) in [5.41, 5.74) is 1.74. The van der Waals surface area contributed by atoms with Gasteiger partial charge in [-0.05, 0) is 18.4 Å². The Morgan fingerprint density at radius 1 is 1.11 bits per heavy atom. The van der Waals surface area contributed by atoms with Gasteiger partial charge < -0.3 is 9.94 Å². The first kappa shape index (κ1) is 11.7. The number of benzene rings is 1. The van der Waals surface area contributed by atoms with Gasteiger partial charge in [0.25, 0.3) is 0 Å². The van der Waals surface area contributed by atoms with Crippen molar-refractivity contribution < 1.29 is 9.94 Å². The lowest BCUT2D eigenvalue weighted by atomic mass is 9.81. The van der Waals surface area contributed by atoms with Crippen LogP contribution in [0.15, 0.2) is 35.5 Å². The van der Waals surface area contributed by atoms with E-state index >= 15 is 0 Å². The fourth-order valence-electron chi connectivity index (χ4n) is 3.26. The third-order valence-corrected chi connectivity index (χ3v) is 4.23. The fourth-order valence-corrected chi connectivity index (χ4v) is 3.26. The van der Waals surface area contributed by atoms with E-state index in [0.717, 1.165) is 25.0 Å². The number of ether oxygens (including phenoxy) is 1. The highest BCUT2D eigenvalue weighted by Gasteiger charge is 2.47. The molecule has 1 aliphatic carbocycles. The predicted octanol–water partition coefficient (Wildman–Crippen LogP) is 3.68. The summed E-state index contributed by atoms with van der Waals surface area (Å²) in [6.45, 7) is 0. The zero-order chi connectivity index (χ0) is 12.4. The summed E-state index contributed by atoms with van der Waals surface area (Å²) in [5.74, 6) is 0. The highest BCUT2D eigenvalue weighted by atomic mass is 16.5. The highest BCUT2D eigenvalue weighted by molar-refractivity contribution is 5.94. The second-order valence-corrected chi connectivity index (χ2v) is 5.32. The fraction of sp³-hybridized carbons (Fsp3) is 0.533. The minimum Gasteiger partial charge on any atom is -0.411 e. The summed E-state index contributed by atoms with van der Waals surface area (Å²) in [7, 11) is 0. The molecule has 2 aliphatic rings. The second kappa shape index (κ2) is 4.73. The summed E-state index contributed by atoms with van der Waals surface area (Å²) in [6, 6.07) is 10.2. The van der Waals surface area contributed by atoms with E-state index in [9.17, 15) is 5.21 Å². The van der Waals surface area contributed by atoms with Crippen molar-refractivity contribution in [3.05, 3.63) is 35.9 Å². The maximum absolute atomic E-state index is 9.26. The largest absolute Gasteiger partial charge is 0.411 e. The van der Waals surface area contributed by atoms with Crippen molar-refractivity contribution in [2.24, 2.45) is 5.16 Å². The van der Waals surface area contributed by atoms with Crippen molar-refractivity contribution in [3.63, 3.8) is 0 Å². The average Bonchev–Trinajstić information content (AvgIpc) is 2.79. The molecule has 1 aromatic rings. The zero-order valence-corrected chi connectivity index (χ0v) is 10.5. The maximum atomic E-state index is 9.26. The van der Waals surface area contributed by atoms with Crippen LogP contribution in [0, 0.1) is 0 Å². The van der Waals surface area contributed by atoms with Crippen LogP contribution in [0.1, 0.15) is 50.2 Å². The Morgan fingerprint density at radius 2 is 1.83 bits per heavy atom. The Hall–Kier alpha value is -1.35. The number of nitrogens with zero attached hydrogens (tertiary/aromatic N) is 1. The summed E-state index contributed by atoms with van der Waals surface area (Å²) in [4.78, 5) is 0. The molecule has 0 radical (unpaired) electrons. The van der Waals surface area contributed by atoms with Crippen LogP contribution in [-0.2, 0) is 4.74 Å². The van der Waals surface area contributed by atoms with E-state index in [4.69, 9.17) is 4.74 Å². The van der Waals surface area contributed by atoms with E-state index in [1.54, 1.807) is 0 Å². The standard InChI is InChI=1S/C15H19NO2/c17-16-14-11-13(12-7-3-1-4-8-12)18-15(14)9-5-2-6-10-15/h1,3-4,7-8,13,17H,2,5-6,9-11H2/t13-/m1/s1. The SMILES string of the molecule is ON=C1C[C@H](c2ccccc2)OC12CCCCC2. The smallest absolute Gasteiger partial charge is 0.110 e. The maximum Gasteiger partial charge on any atom is 0.110 e. The van der Waals surface area contributed by atoms with Gasteiger partial charge in [0, 0.05) is 6.42 Å². The quantitative estimate of drug-likeness (QED) is 0.605. The Labute approximate surface area is 107 Å². The summed E-state index contributed by atoms with van der Waals surface area (Å²) in [6.07, 6.45) is 6.36. The van der Waals surface area contributed by atoms with Gasteiger partial charge in [-0.3, -0.25) is 0 Å². The third-order valence-electron chi connectivity index (χ3n) is 4.23. The van der Waals surface area contributed by atoms with Crippen LogP contribution < -0.4 is 0 Å². The van der Waals surface area contributed by atoms with Crippen LogP contribution in [0.5, 0.6) is 0 Å². The normalized spacial score (nSPS) is 28.9. The van der Waals surface area contributed by atoms with Gasteiger partial charge in [-0.15, -0.1) is 0 Å². The van der Waals surface area contributed by atoms with E-state index in [1.807, 2.05) is 18.2 Å². The monoisotopic (exact) mass is 245 g/mol. The Morgan fingerprint density at radius 3 is 2.50 bits per heavy atom. The van der Waals surface area contributed by atoms with Gasteiger partial charge in [-0.25, -0.2) is 0 Å². The van der Waals surface area contributed by atoms with Crippen molar-refractivity contribution in [3.8, 4) is 0 Å². The molecule has 96 valence electrons. The zero-order valence-electron chi connectivity index (χ0n) is 10.5. The minimum absolute atomic E-state index is 0.0511. The van der Waals surface area contributed by atoms with E-state index in [2.05, 4.69) is 17.3 Å². The summed E-state index contributed by atoms with van der Waals surface area (Å²) in [5, 5.41) is 12.8. The Bertz CT molecular complexity index is 435. The van der Waals surface area contributed by atoms with Crippen LogP contribution in [-0.4, -0.2) is 16.5 Å². The Kier molecular flexibility index (Phi) is 3.08. The molecule has 18 heavy (non-hydrogen) atoms. The molecule has 1 aliphatic heterocycles. The third kappa shape index (κ3) is 1.93. The van der Waals surface area contributed by atoms with Crippen molar-refractivity contribution >= 4 is 5.71 Å². The first-order valence-electron chi connectivity index (χ1n) is 6.78. The van der Waals surface area contributed by atoms with Crippen molar-refractivity contribution in [2.45, 2.75) is 50.2 Å². The van der Waals surface area contributed by atoms with E-state index < -0.39 is 0 Å². The number of rotatable bonds is 1. The molecule has 3 heteroatoms. The van der Waals surface area contributed by atoms with E-state index in [1.165, 1.54) is 24.8 Å². The molecule has 1 spiro atoms. The van der Waals surface area contributed by atoms with Crippen LogP contribution in [0.25, 0.3) is 0 Å². The van der Waals surface area contributed by atoms with E-state index in [-0.39, 0.29) is 11.7 Å². The van der Waals surface area contributed by atoms with Crippen LogP contribution in [0.2, 0.25) is 0 Å². The molecule has 2 fully saturated rings. The van der Waals surface area contributed by atoms with Gasteiger partial charge in [-0.2, -0.15) is 0 Å².